The van der Waals surface area contributed by atoms with Crippen LogP contribution < -0.4 is 5.73 Å². The van der Waals surface area contributed by atoms with E-state index in [9.17, 15) is 4.39 Å². The number of rotatable bonds is 4. The second kappa shape index (κ2) is 6.43. The molecule has 116 valence electrons. The van der Waals surface area contributed by atoms with Crippen molar-refractivity contribution in [2.75, 3.05) is 0 Å². The van der Waals surface area contributed by atoms with Crippen LogP contribution in [0.4, 0.5) is 4.39 Å². The highest BCUT2D eigenvalue weighted by atomic mass is 19.1. The van der Waals surface area contributed by atoms with Gasteiger partial charge in [-0.15, -0.1) is 0 Å². The van der Waals surface area contributed by atoms with Crippen molar-refractivity contribution in [3.8, 4) is 0 Å². The summed E-state index contributed by atoms with van der Waals surface area (Å²) in [7, 11) is 0. The number of nitrogens with two attached hydrogens (primary N) is 1. The molecule has 1 aliphatic carbocycles. The van der Waals surface area contributed by atoms with Gasteiger partial charge in [-0.1, -0.05) is 31.1 Å². The summed E-state index contributed by atoms with van der Waals surface area (Å²) in [6, 6.07) is 4.83. The third-order valence-corrected chi connectivity index (χ3v) is 4.22. The predicted octanol–water partition coefficient (Wildman–Crippen LogP) is 3.41. The van der Waals surface area contributed by atoms with Crippen molar-refractivity contribution in [3.05, 3.63) is 35.1 Å². The average molecular weight is 294 g/mol. The molecular formula is C16H23FN2O2. The molecule has 0 bridgehead atoms. The summed E-state index contributed by atoms with van der Waals surface area (Å²) in [4.78, 5) is 0. The van der Waals surface area contributed by atoms with Gasteiger partial charge in [0.2, 0.25) is 0 Å². The average Bonchev–Trinajstić information content (AvgIpc) is 2.46. The van der Waals surface area contributed by atoms with Crippen LogP contribution in [0.1, 0.15) is 50.7 Å². The Bertz CT molecular complexity index is 519. The fourth-order valence-corrected chi connectivity index (χ4v) is 2.69. The highest BCUT2D eigenvalue weighted by molar-refractivity contribution is 5.97. The molecule has 0 aliphatic heterocycles. The summed E-state index contributed by atoms with van der Waals surface area (Å²) in [6.45, 7) is 4.75. The zero-order valence-corrected chi connectivity index (χ0v) is 12.6. The van der Waals surface area contributed by atoms with Crippen molar-refractivity contribution in [2.24, 2.45) is 16.3 Å². The Balaban J connectivity index is 1.98. The molecule has 0 spiro atoms. The van der Waals surface area contributed by atoms with Gasteiger partial charge in [0.1, 0.15) is 5.82 Å². The molecule has 0 atom stereocenters. The lowest BCUT2D eigenvalue weighted by Crippen LogP contribution is -2.26. The Morgan fingerprint density at radius 2 is 2.10 bits per heavy atom. The number of ether oxygens (including phenoxy) is 1. The van der Waals surface area contributed by atoms with Crippen molar-refractivity contribution in [2.45, 2.75) is 52.2 Å². The van der Waals surface area contributed by atoms with Crippen molar-refractivity contribution in [1.29, 1.82) is 0 Å². The van der Waals surface area contributed by atoms with E-state index < -0.39 is 5.82 Å². The molecule has 0 saturated heterocycles. The van der Waals surface area contributed by atoms with Crippen LogP contribution in [0.5, 0.6) is 0 Å². The molecule has 5 heteroatoms. The summed E-state index contributed by atoms with van der Waals surface area (Å²) >= 11 is 0. The summed E-state index contributed by atoms with van der Waals surface area (Å²) in [5.74, 6) is -0.710. The first kappa shape index (κ1) is 15.8. The van der Waals surface area contributed by atoms with Crippen LogP contribution in [0.25, 0.3) is 0 Å². The second-order valence-electron chi connectivity index (χ2n) is 6.44. The number of hydrogen-bond acceptors (Lipinski definition) is 3. The van der Waals surface area contributed by atoms with E-state index in [1.807, 2.05) is 0 Å². The standard InChI is InChI=1S/C16H23FN2O2/c1-16(2)8-6-12(7-9-16)21-10-11-4-3-5-13(14(11)17)15(18)19-20/h3-5,12,20H,6-10H2,1-2H3,(H2,18,19). The van der Waals surface area contributed by atoms with E-state index in [2.05, 4.69) is 19.0 Å². The zero-order chi connectivity index (χ0) is 15.5. The molecule has 1 aliphatic rings. The molecule has 0 aromatic heterocycles. The van der Waals surface area contributed by atoms with Gasteiger partial charge in [0, 0.05) is 5.56 Å². The molecule has 1 aromatic rings. The smallest absolute Gasteiger partial charge is 0.173 e. The van der Waals surface area contributed by atoms with Gasteiger partial charge in [0.15, 0.2) is 5.84 Å². The Hall–Kier alpha value is -1.62. The third-order valence-electron chi connectivity index (χ3n) is 4.22. The van der Waals surface area contributed by atoms with E-state index in [0.717, 1.165) is 25.7 Å². The van der Waals surface area contributed by atoms with Gasteiger partial charge >= 0.3 is 0 Å². The lowest BCUT2D eigenvalue weighted by atomic mass is 9.76. The van der Waals surface area contributed by atoms with Crippen molar-refractivity contribution < 1.29 is 14.3 Å². The SMILES string of the molecule is CC1(C)CCC(OCc2cccc(/C(N)=N/O)c2F)CC1. The lowest BCUT2D eigenvalue weighted by molar-refractivity contribution is -0.00660. The van der Waals surface area contributed by atoms with Crippen LogP contribution in [0.2, 0.25) is 0 Å². The maximum Gasteiger partial charge on any atom is 0.173 e. The van der Waals surface area contributed by atoms with Gasteiger partial charge in [-0.25, -0.2) is 4.39 Å². The first-order valence-corrected chi connectivity index (χ1v) is 7.30. The normalized spacial score (nSPS) is 19.7. The van der Waals surface area contributed by atoms with Gasteiger partial charge in [0.05, 0.1) is 18.3 Å². The summed E-state index contributed by atoms with van der Waals surface area (Å²) in [5, 5.41) is 11.5. The fourth-order valence-electron chi connectivity index (χ4n) is 2.69. The van der Waals surface area contributed by atoms with E-state index in [1.165, 1.54) is 6.07 Å². The number of hydrogen-bond donors (Lipinski definition) is 2. The van der Waals surface area contributed by atoms with E-state index in [4.69, 9.17) is 15.7 Å². The molecule has 1 aromatic carbocycles. The number of oxime groups is 1. The molecule has 1 saturated carbocycles. The number of halogens is 1. The van der Waals surface area contributed by atoms with Gasteiger partial charge < -0.3 is 15.7 Å². The van der Waals surface area contributed by atoms with E-state index in [0.29, 0.717) is 11.0 Å². The van der Waals surface area contributed by atoms with Gasteiger partial charge in [-0.2, -0.15) is 0 Å². The van der Waals surface area contributed by atoms with Gasteiger partial charge in [0.25, 0.3) is 0 Å². The van der Waals surface area contributed by atoms with Crippen LogP contribution in [0.3, 0.4) is 0 Å². The molecule has 0 heterocycles. The summed E-state index contributed by atoms with van der Waals surface area (Å²) < 4.78 is 20.1. The molecule has 2 rings (SSSR count). The Kier molecular flexibility index (Phi) is 4.83. The van der Waals surface area contributed by atoms with Crippen LogP contribution in [-0.2, 0) is 11.3 Å². The largest absolute Gasteiger partial charge is 0.409 e. The van der Waals surface area contributed by atoms with E-state index >= 15 is 0 Å². The van der Waals surface area contributed by atoms with Gasteiger partial charge in [-0.3, -0.25) is 0 Å². The summed E-state index contributed by atoms with van der Waals surface area (Å²) in [5.41, 5.74) is 6.37. The maximum absolute atomic E-state index is 14.2. The minimum absolute atomic E-state index is 0.100. The molecule has 3 N–H and O–H groups in total. The first-order valence-electron chi connectivity index (χ1n) is 7.30. The molecule has 4 nitrogen and oxygen atoms in total. The van der Waals surface area contributed by atoms with Crippen LogP contribution in [-0.4, -0.2) is 17.1 Å². The van der Waals surface area contributed by atoms with Gasteiger partial charge in [-0.05, 0) is 37.2 Å². The number of nitrogens with zero attached hydrogens (tertiary/aromatic N) is 1. The Labute approximate surface area is 124 Å². The van der Waals surface area contributed by atoms with E-state index in [-0.39, 0.29) is 24.1 Å². The Morgan fingerprint density at radius 1 is 1.43 bits per heavy atom. The molecule has 21 heavy (non-hydrogen) atoms. The maximum atomic E-state index is 14.2. The number of amidine groups is 1. The lowest BCUT2D eigenvalue weighted by Gasteiger charge is -2.34. The van der Waals surface area contributed by atoms with Crippen molar-refractivity contribution in [1.82, 2.24) is 0 Å². The highest BCUT2D eigenvalue weighted by Gasteiger charge is 2.27. The second-order valence-corrected chi connectivity index (χ2v) is 6.44. The quantitative estimate of drug-likeness (QED) is 0.387. The Morgan fingerprint density at radius 3 is 2.71 bits per heavy atom. The minimum Gasteiger partial charge on any atom is -0.409 e. The highest BCUT2D eigenvalue weighted by Crippen LogP contribution is 2.36. The molecule has 1 fully saturated rings. The van der Waals surface area contributed by atoms with Crippen molar-refractivity contribution in [3.63, 3.8) is 0 Å². The topological polar surface area (TPSA) is 67.8 Å². The first-order chi connectivity index (χ1) is 9.93. The van der Waals surface area contributed by atoms with E-state index in [1.54, 1.807) is 12.1 Å². The monoisotopic (exact) mass is 294 g/mol. The van der Waals surface area contributed by atoms with Crippen molar-refractivity contribution >= 4 is 5.84 Å². The van der Waals surface area contributed by atoms with Crippen LogP contribution in [0, 0.1) is 11.2 Å². The fraction of sp³-hybridized carbons (Fsp3) is 0.562. The summed E-state index contributed by atoms with van der Waals surface area (Å²) in [6.07, 6.45) is 4.46. The molecule has 0 amide bonds. The molecule has 0 unspecified atom stereocenters. The zero-order valence-electron chi connectivity index (χ0n) is 12.6. The molecule has 0 radical (unpaired) electrons. The van der Waals surface area contributed by atoms with Crippen LogP contribution >= 0.6 is 0 Å². The molecular weight excluding hydrogens is 271 g/mol. The van der Waals surface area contributed by atoms with Crippen LogP contribution in [0.15, 0.2) is 23.4 Å². The number of benzene rings is 1. The minimum atomic E-state index is -0.482. The third kappa shape index (κ3) is 3.94. The predicted molar refractivity (Wildman–Crippen MR) is 79.7 cm³/mol.